The second-order valence-corrected chi connectivity index (χ2v) is 5.02. The van der Waals surface area contributed by atoms with Crippen LogP contribution < -0.4 is 4.74 Å². The van der Waals surface area contributed by atoms with Crippen molar-refractivity contribution >= 4 is 0 Å². The highest BCUT2D eigenvalue weighted by Crippen LogP contribution is 2.45. The predicted molar refractivity (Wildman–Crippen MR) is 61.4 cm³/mol. The minimum Gasteiger partial charge on any atom is -0.493 e. The van der Waals surface area contributed by atoms with Crippen LogP contribution in [0.25, 0.3) is 0 Å². The molecule has 1 nitrogen and oxygen atoms in total. The van der Waals surface area contributed by atoms with Crippen LogP contribution >= 0.6 is 0 Å². The fraction of sp³-hybridized carbons (Fsp3) is 0.571. The van der Waals surface area contributed by atoms with Crippen molar-refractivity contribution in [2.75, 3.05) is 6.61 Å². The van der Waals surface area contributed by atoms with Crippen molar-refractivity contribution in [1.82, 2.24) is 0 Å². The zero-order chi connectivity index (χ0) is 10.3. The fourth-order valence-electron chi connectivity index (χ4n) is 2.07. The molecule has 2 saturated carbocycles. The summed E-state index contributed by atoms with van der Waals surface area (Å²) in [6.07, 6.45) is 5.43. The topological polar surface area (TPSA) is 9.23 Å². The zero-order valence-corrected chi connectivity index (χ0v) is 9.33. The molecule has 2 aliphatic rings. The molecule has 3 rings (SSSR count). The number of rotatable bonds is 4. The van der Waals surface area contributed by atoms with Gasteiger partial charge in [0.25, 0.3) is 0 Å². The average Bonchev–Trinajstić information content (AvgIpc) is 3.10. The van der Waals surface area contributed by atoms with Crippen LogP contribution in [0.1, 0.15) is 42.7 Å². The van der Waals surface area contributed by atoms with Crippen molar-refractivity contribution in [2.24, 2.45) is 5.92 Å². The highest BCUT2D eigenvalue weighted by molar-refractivity contribution is 5.44. The van der Waals surface area contributed by atoms with Gasteiger partial charge in [0.2, 0.25) is 0 Å². The van der Waals surface area contributed by atoms with Gasteiger partial charge in [-0.2, -0.15) is 0 Å². The summed E-state index contributed by atoms with van der Waals surface area (Å²) >= 11 is 0. The van der Waals surface area contributed by atoms with Crippen LogP contribution in [0.4, 0.5) is 0 Å². The van der Waals surface area contributed by atoms with Gasteiger partial charge >= 0.3 is 0 Å². The van der Waals surface area contributed by atoms with Crippen LogP contribution in [0.3, 0.4) is 0 Å². The van der Waals surface area contributed by atoms with Gasteiger partial charge in [-0.3, -0.25) is 0 Å². The Balaban J connectivity index is 1.81. The summed E-state index contributed by atoms with van der Waals surface area (Å²) in [5.41, 5.74) is 2.76. The van der Waals surface area contributed by atoms with E-state index in [0.717, 1.165) is 18.4 Å². The minimum atomic E-state index is 0.791. The molecule has 0 N–H and O–H groups in total. The van der Waals surface area contributed by atoms with Crippen molar-refractivity contribution in [2.45, 2.75) is 38.5 Å². The number of ether oxygens (including phenoxy) is 1. The summed E-state index contributed by atoms with van der Waals surface area (Å²) in [5.74, 6) is 2.82. The van der Waals surface area contributed by atoms with E-state index in [1.165, 1.54) is 42.6 Å². The van der Waals surface area contributed by atoms with E-state index in [9.17, 15) is 0 Å². The van der Waals surface area contributed by atoms with E-state index in [1.54, 1.807) is 0 Å². The van der Waals surface area contributed by atoms with E-state index in [0.29, 0.717) is 0 Å². The molecule has 0 spiro atoms. The molecule has 0 unspecified atom stereocenters. The van der Waals surface area contributed by atoms with Crippen molar-refractivity contribution in [3.05, 3.63) is 29.3 Å². The van der Waals surface area contributed by atoms with E-state index in [1.807, 2.05) is 0 Å². The van der Waals surface area contributed by atoms with E-state index in [-0.39, 0.29) is 0 Å². The quantitative estimate of drug-likeness (QED) is 0.724. The van der Waals surface area contributed by atoms with E-state index < -0.39 is 0 Å². The van der Waals surface area contributed by atoms with Gasteiger partial charge in [-0.05, 0) is 55.6 Å². The van der Waals surface area contributed by atoms with Gasteiger partial charge in [-0.1, -0.05) is 18.2 Å². The molecule has 0 radical (unpaired) electrons. The molecule has 0 bridgehead atoms. The third-order valence-corrected chi connectivity index (χ3v) is 3.42. The molecule has 1 aromatic carbocycles. The third-order valence-electron chi connectivity index (χ3n) is 3.42. The standard InChI is InChI=1S/C14H18O/c1-10-3-2-4-13(12-7-8-12)14(10)15-9-11-5-6-11/h2-4,11-12H,5-9H2,1H3. The normalized spacial score (nSPS) is 20.3. The van der Waals surface area contributed by atoms with E-state index in [4.69, 9.17) is 4.74 Å². The van der Waals surface area contributed by atoms with Gasteiger partial charge in [-0.15, -0.1) is 0 Å². The lowest BCUT2D eigenvalue weighted by Crippen LogP contribution is -2.02. The van der Waals surface area contributed by atoms with Gasteiger partial charge in [0.05, 0.1) is 6.61 Å². The highest BCUT2D eigenvalue weighted by atomic mass is 16.5. The maximum atomic E-state index is 5.99. The van der Waals surface area contributed by atoms with Gasteiger partial charge in [0.15, 0.2) is 0 Å². The lowest BCUT2D eigenvalue weighted by atomic mass is 10.1. The first-order chi connectivity index (χ1) is 7.34. The average molecular weight is 202 g/mol. The Bertz CT molecular complexity index is 362. The summed E-state index contributed by atoms with van der Waals surface area (Å²) in [6.45, 7) is 3.10. The molecule has 0 aromatic heterocycles. The Hall–Kier alpha value is -0.980. The molecule has 0 saturated heterocycles. The Morgan fingerprint density at radius 3 is 2.67 bits per heavy atom. The highest BCUT2D eigenvalue weighted by Gasteiger charge is 2.28. The monoisotopic (exact) mass is 202 g/mol. The molecule has 0 amide bonds. The first kappa shape index (κ1) is 9.26. The molecule has 2 fully saturated rings. The van der Waals surface area contributed by atoms with Gasteiger partial charge in [0, 0.05) is 0 Å². The van der Waals surface area contributed by atoms with Crippen LogP contribution in [0, 0.1) is 12.8 Å². The Kier molecular flexibility index (Phi) is 2.19. The molecule has 0 heterocycles. The SMILES string of the molecule is Cc1cccc(C2CC2)c1OCC1CC1. The van der Waals surface area contributed by atoms with Crippen molar-refractivity contribution in [1.29, 1.82) is 0 Å². The van der Waals surface area contributed by atoms with E-state index >= 15 is 0 Å². The second-order valence-electron chi connectivity index (χ2n) is 5.02. The lowest BCUT2D eigenvalue weighted by molar-refractivity contribution is 0.295. The Morgan fingerprint density at radius 1 is 1.20 bits per heavy atom. The van der Waals surface area contributed by atoms with Gasteiger partial charge in [0.1, 0.15) is 5.75 Å². The van der Waals surface area contributed by atoms with Crippen molar-refractivity contribution < 1.29 is 4.74 Å². The van der Waals surface area contributed by atoms with Gasteiger partial charge < -0.3 is 4.74 Å². The molecule has 15 heavy (non-hydrogen) atoms. The van der Waals surface area contributed by atoms with Crippen molar-refractivity contribution in [3.63, 3.8) is 0 Å². The first-order valence-corrected chi connectivity index (χ1v) is 6.07. The molecule has 80 valence electrons. The van der Waals surface area contributed by atoms with Crippen LogP contribution in [0.5, 0.6) is 5.75 Å². The lowest BCUT2D eigenvalue weighted by Gasteiger charge is -2.13. The largest absolute Gasteiger partial charge is 0.493 e. The number of hydrogen-bond donors (Lipinski definition) is 0. The molecule has 0 atom stereocenters. The summed E-state index contributed by atoms with van der Waals surface area (Å²) in [6, 6.07) is 6.56. The summed E-state index contributed by atoms with van der Waals surface area (Å²) in [7, 11) is 0. The second kappa shape index (κ2) is 3.55. The Morgan fingerprint density at radius 2 is 2.00 bits per heavy atom. The zero-order valence-electron chi connectivity index (χ0n) is 9.33. The van der Waals surface area contributed by atoms with Crippen LogP contribution in [0.15, 0.2) is 18.2 Å². The van der Waals surface area contributed by atoms with Gasteiger partial charge in [-0.25, -0.2) is 0 Å². The minimum absolute atomic E-state index is 0.791. The van der Waals surface area contributed by atoms with E-state index in [2.05, 4.69) is 25.1 Å². The number of aryl methyl sites for hydroxylation is 1. The maximum absolute atomic E-state index is 5.99. The fourth-order valence-corrected chi connectivity index (χ4v) is 2.07. The molecule has 1 aromatic rings. The maximum Gasteiger partial charge on any atom is 0.125 e. The number of para-hydroxylation sites is 1. The predicted octanol–water partition coefficient (Wildman–Crippen LogP) is 3.66. The molecular formula is C14H18O. The summed E-state index contributed by atoms with van der Waals surface area (Å²) in [5, 5.41) is 0. The van der Waals surface area contributed by atoms with Crippen LogP contribution in [0.2, 0.25) is 0 Å². The molecule has 0 aliphatic heterocycles. The number of benzene rings is 1. The molecular weight excluding hydrogens is 184 g/mol. The summed E-state index contributed by atoms with van der Waals surface area (Å²) in [4.78, 5) is 0. The number of hydrogen-bond acceptors (Lipinski definition) is 1. The van der Waals surface area contributed by atoms with Crippen LogP contribution in [-0.4, -0.2) is 6.61 Å². The molecule has 1 heteroatoms. The van der Waals surface area contributed by atoms with Crippen LogP contribution in [-0.2, 0) is 0 Å². The first-order valence-electron chi connectivity index (χ1n) is 6.07. The van der Waals surface area contributed by atoms with Crippen molar-refractivity contribution in [3.8, 4) is 5.75 Å². The summed E-state index contributed by atoms with van der Waals surface area (Å²) < 4.78 is 5.99. The third kappa shape index (κ3) is 2.01. The Labute approximate surface area is 91.5 Å². The molecule has 2 aliphatic carbocycles. The smallest absolute Gasteiger partial charge is 0.125 e.